The second-order valence-corrected chi connectivity index (χ2v) is 2.87. The van der Waals surface area contributed by atoms with E-state index in [1.165, 1.54) is 12.8 Å². The molecule has 0 atom stereocenters. The number of ether oxygens (including phenoxy) is 1. The van der Waals surface area contributed by atoms with Crippen LogP contribution in [0.15, 0.2) is 30.3 Å². The first-order valence-electron chi connectivity index (χ1n) is 4.87. The van der Waals surface area contributed by atoms with Crippen molar-refractivity contribution in [2.75, 3.05) is 6.61 Å². The zero-order chi connectivity index (χ0) is 10.6. The quantitative estimate of drug-likeness (QED) is 0.668. The normalized spacial score (nSPS) is 8.50. The Hall–Kier alpha value is -1.49. The van der Waals surface area contributed by atoms with Crippen molar-refractivity contribution in [3.63, 3.8) is 0 Å². The predicted molar refractivity (Wildman–Crippen MR) is 58.1 cm³/mol. The summed E-state index contributed by atoms with van der Waals surface area (Å²) in [7, 11) is 0. The number of benzene rings is 1. The lowest BCUT2D eigenvalue weighted by Gasteiger charge is -2.04. The van der Waals surface area contributed by atoms with Gasteiger partial charge >= 0.3 is 0 Å². The molecule has 0 aliphatic heterocycles. The van der Waals surface area contributed by atoms with Gasteiger partial charge in [-0.15, -0.1) is 0 Å². The number of hydrogen-bond acceptors (Lipinski definition) is 2. The molecule has 0 fully saturated rings. The molecule has 2 nitrogen and oxygen atoms in total. The SMILES string of the molecule is C#N.CCCCCOc1ccccc1. The van der Waals surface area contributed by atoms with Crippen molar-refractivity contribution in [3.05, 3.63) is 30.3 Å². The summed E-state index contributed by atoms with van der Waals surface area (Å²) in [5, 5.41) is 6.50. The maximum atomic E-state index is 6.50. The van der Waals surface area contributed by atoms with E-state index in [-0.39, 0.29) is 0 Å². The molecule has 1 rings (SSSR count). The molecule has 0 unspecified atom stereocenters. The molecule has 0 heterocycles. The average Bonchev–Trinajstić information content (AvgIpc) is 2.29. The van der Waals surface area contributed by atoms with Crippen LogP contribution >= 0.6 is 0 Å². The fourth-order valence-corrected chi connectivity index (χ4v) is 1.06. The second-order valence-electron chi connectivity index (χ2n) is 2.87. The molecule has 1 aromatic rings. The number of nitriles is 1. The summed E-state index contributed by atoms with van der Waals surface area (Å²) in [5.74, 6) is 0.980. The van der Waals surface area contributed by atoms with Gasteiger partial charge in [0.15, 0.2) is 0 Å². The molecule has 14 heavy (non-hydrogen) atoms. The van der Waals surface area contributed by atoms with E-state index in [1.807, 2.05) is 30.3 Å². The molecule has 0 bridgehead atoms. The van der Waals surface area contributed by atoms with E-state index >= 15 is 0 Å². The molecule has 0 aliphatic rings. The van der Waals surface area contributed by atoms with Crippen LogP contribution in [0, 0.1) is 11.8 Å². The van der Waals surface area contributed by atoms with Gasteiger partial charge in [0.2, 0.25) is 0 Å². The summed E-state index contributed by atoms with van der Waals surface area (Å²) < 4.78 is 5.51. The van der Waals surface area contributed by atoms with Crippen LogP contribution in [0.2, 0.25) is 0 Å². The van der Waals surface area contributed by atoms with Gasteiger partial charge in [-0.05, 0) is 18.6 Å². The van der Waals surface area contributed by atoms with Crippen molar-refractivity contribution in [1.29, 1.82) is 5.26 Å². The smallest absolute Gasteiger partial charge is 0.119 e. The van der Waals surface area contributed by atoms with Gasteiger partial charge in [0.25, 0.3) is 0 Å². The lowest BCUT2D eigenvalue weighted by molar-refractivity contribution is 0.306. The average molecular weight is 191 g/mol. The van der Waals surface area contributed by atoms with Crippen LogP contribution in [0.3, 0.4) is 0 Å². The number of unbranched alkanes of at least 4 members (excludes halogenated alkanes) is 2. The molecule has 2 heteroatoms. The van der Waals surface area contributed by atoms with E-state index in [2.05, 4.69) is 13.5 Å². The Morgan fingerprint density at radius 3 is 2.36 bits per heavy atom. The summed E-state index contributed by atoms with van der Waals surface area (Å²) >= 11 is 0. The van der Waals surface area contributed by atoms with Crippen molar-refractivity contribution in [2.24, 2.45) is 0 Å². The van der Waals surface area contributed by atoms with Gasteiger partial charge in [0.05, 0.1) is 6.61 Å². The van der Waals surface area contributed by atoms with E-state index in [1.54, 1.807) is 0 Å². The molecule has 0 radical (unpaired) electrons. The Morgan fingerprint density at radius 2 is 1.79 bits per heavy atom. The molecule has 0 spiro atoms. The zero-order valence-corrected chi connectivity index (χ0v) is 8.65. The van der Waals surface area contributed by atoms with E-state index < -0.39 is 0 Å². The summed E-state index contributed by atoms with van der Waals surface area (Å²) in [4.78, 5) is 0. The molecule has 0 N–H and O–H groups in total. The highest BCUT2D eigenvalue weighted by Gasteiger charge is 1.89. The van der Waals surface area contributed by atoms with Gasteiger partial charge in [-0.2, -0.15) is 0 Å². The first-order valence-corrected chi connectivity index (χ1v) is 4.87. The lowest BCUT2D eigenvalue weighted by atomic mass is 10.3. The minimum atomic E-state index is 0.845. The van der Waals surface area contributed by atoms with Crippen LogP contribution in [0.25, 0.3) is 0 Å². The van der Waals surface area contributed by atoms with E-state index in [9.17, 15) is 0 Å². The summed E-state index contributed by atoms with van der Waals surface area (Å²) in [5.41, 5.74) is 0. The second kappa shape index (κ2) is 9.60. The monoisotopic (exact) mass is 191 g/mol. The Balaban J connectivity index is 0.000000791. The first kappa shape index (κ1) is 12.5. The molecule has 0 saturated carbocycles. The molecule has 0 saturated heterocycles. The third-order valence-corrected chi connectivity index (χ3v) is 1.76. The number of nitrogens with zero attached hydrogens (tertiary/aromatic N) is 1. The first-order chi connectivity index (χ1) is 6.93. The van der Waals surface area contributed by atoms with Crippen LogP contribution in [-0.4, -0.2) is 6.61 Å². The topological polar surface area (TPSA) is 33.0 Å². The Bertz CT molecular complexity index is 231. The highest BCUT2D eigenvalue weighted by Crippen LogP contribution is 2.08. The fourth-order valence-electron chi connectivity index (χ4n) is 1.06. The van der Waals surface area contributed by atoms with Crippen LogP contribution < -0.4 is 4.74 Å². The lowest BCUT2D eigenvalue weighted by Crippen LogP contribution is -1.96. The molecule has 0 amide bonds. The number of rotatable bonds is 5. The van der Waals surface area contributed by atoms with Gasteiger partial charge in [0, 0.05) is 6.57 Å². The summed E-state index contributed by atoms with van der Waals surface area (Å²) in [6, 6.07) is 9.97. The molecule has 1 aromatic carbocycles. The fraction of sp³-hybridized carbons (Fsp3) is 0.417. The van der Waals surface area contributed by atoms with Gasteiger partial charge in [-0.25, -0.2) is 5.26 Å². The third kappa shape index (κ3) is 6.07. The zero-order valence-electron chi connectivity index (χ0n) is 8.65. The number of para-hydroxylation sites is 1. The largest absolute Gasteiger partial charge is 0.494 e. The van der Waals surface area contributed by atoms with Crippen molar-refractivity contribution in [2.45, 2.75) is 26.2 Å². The molecular formula is C12H17NO. The van der Waals surface area contributed by atoms with Crippen LogP contribution in [0.5, 0.6) is 5.75 Å². The molecular weight excluding hydrogens is 174 g/mol. The van der Waals surface area contributed by atoms with Crippen LogP contribution in [0.1, 0.15) is 26.2 Å². The van der Waals surface area contributed by atoms with Gasteiger partial charge in [0.1, 0.15) is 5.75 Å². The molecule has 0 aromatic heterocycles. The maximum absolute atomic E-state index is 6.50. The van der Waals surface area contributed by atoms with E-state index in [4.69, 9.17) is 10.00 Å². The standard InChI is InChI=1S/C11H16O.CHN/c1-2-3-7-10-12-11-8-5-4-6-9-11;1-2/h4-6,8-9H,2-3,7,10H2,1H3;1H. The Morgan fingerprint density at radius 1 is 1.14 bits per heavy atom. The summed E-state index contributed by atoms with van der Waals surface area (Å²) in [6.07, 6.45) is 3.66. The highest BCUT2D eigenvalue weighted by atomic mass is 16.5. The van der Waals surface area contributed by atoms with Crippen molar-refractivity contribution in [3.8, 4) is 12.3 Å². The van der Waals surface area contributed by atoms with Crippen molar-refractivity contribution < 1.29 is 4.74 Å². The van der Waals surface area contributed by atoms with Gasteiger partial charge < -0.3 is 4.74 Å². The van der Waals surface area contributed by atoms with Gasteiger partial charge in [-0.1, -0.05) is 38.0 Å². The number of hydrogen-bond donors (Lipinski definition) is 0. The van der Waals surface area contributed by atoms with Gasteiger partial charge in [-0.3, -0.25) is 0 Å². The maximum Gasteiger partial charge on any atom is 0.119 e. The van der Waals surface area contributed by atoms with Crippen LogP contribution in [0.4, 0.5) is 0 Å². The Kier molecular flexibility index (Phi) is 8.58. The minimum Gasteiger partial charge on any atom is -0.494 e. The minimum absolute atomic E-state index is 0.845. The Labute approximate surface area is 86.1 Å². The van der Waals surface area contributed by atoms with Crippen LogP contribution in [-0.2, 0) is 0 Å². The molecule has 76 valence electrons. The third-order valence-electron chi connectivity index (χ3n) is 1.76. The van der Waals surface area contributed by atoms with Crippen molar-refractivity contribution in [1.82, 2.24) is 0 Å². The van der Waals surface area contributed by atoms with E-state index in [0.717, 1.165) is 18.8 Å². The predicted octanol–water partition coefficient (Wildman–Crippen LogP) is 3.40. The summed E-state index contributed by atoms with van der Waals surface area (Å²) in [6.45, 7) is 6.54. The highest BCUT2D eigenvalue weighted by molar-refractivity contribution is 5.20. The van der Waals surface area contributed by atoms with Crippen molar-refractivity contribution >= 4 is 0 Å². The molecule has 0 aliphatic carbocycles. The van der Waals surface area contributed by atoms with E-state index in [0.29, 0.717) is 0 Å².